The predicted octanol–water partition coefficient (Wildman–Crippen LogP) is 1.46. The van der Waals surface area contributed by atoms with Gasteiger partial charge in [0, 0.05) is 6.20 Å². The van der Waals surface area contributed by atoms with Gasteiger partial charge >= 0.3 is 5.97 Å². The third kappa shape index (κ3) is 2.46. The molecule has 0 atom stereocenters. The number of aliphatic carboxylic acids is 1. The van der Waals surface area contributed by atoms with Gasteiger partial charge in [-0.3, -0.25) is 4.79 Å². The van der Waals surface area contributed by atoms with E-state index >= 15 is 0 Å². The monoisotopic (exact) mass is 206 g/mol. The molecule has 0 unspecified atom stereocenters. The highest BCUT2D eigenvalue weighted by molar-refractivity contribution is 5.72. The van der Waals surface area contributed by atoms with Crippen LogP contribution in [0.5, 0.6) is 0 Å². The number of carbonyl (C=O) groups is 1. The predicted molar refractivity (Wildman–Crippen MR) is 57.0 cm³/mol. The summed E-state index contributed by atoms with van der Waals surface area (Å²) in [7, 11) is 0. The number of aryl methyl sites for hydroxylation is 2. The average Bonchev–Trinajstić information content (AvgIpc) is 2.26. The lowest BCUT2D eigenvalue weighted by molar-refractivity contribution is -0.134. The quantitative estimate of drug-likeness (QED) is 0.785. The van der Waals surface area contributed by atoms with Crippen LogP contribution in [0.15, 0.2) is 12.3 Å². The molecule has 1 aromatic rings. The highest BCUT2D eigenvalue weighted by atomic mass is 16.4. The van der Waals surface area contributed by atoms with Crippen LogP contribution in [0.2, 0.25) is 0 Å². The summed E-state index contributed by atoms with van der Waals surface area (Å²) in [5.74, 6) is -0.201. The first-order valence-corrected chi connectivity index (χ1v) is 5.19. The molecule has 0 saturated carbocycles. The molecule has 1 aliphatic carbocycles. The normalized spacial score (nSPS) is 14.4. The largest absolute Gasteiger partial charge is 0.480 e. The van der Waals surface area contributed by atoms with Gasteiger partial charge in [-0.1, -0.05) is 0 Å². The molecule has 0 fully saturated rings. The Morgan fingerprint density at radius 2 is 2.13 bits per heavy atom. The lowest BCUT2D eigenvalue weighted by atomic mass is 9.93. The van der Waals surface area contributed by atoms with E-state index in [1.165, 1.54) is 24.0 Å². The first kappa shape index (κ1) is 9.96. The Morgan fingerprint density at radius 3 is 2.87 bits per heavy atom. The first-order valence-electron chi connectivity index (χ1n) is 5.19. The molecule has 2 N–H and O–H groups in total. The summed E-state index contributed by atoms with van der Waals surface area (Å²) in [6.07, 6.45) is 6.49. The summed E-state index contributed by atoms with van der Waals surface area (Å²) in [4.78, 5) is 14.6. The highest BCUT2D eigenvalue weighted by Gasteiger charge is 2.10. The van der Waals surface area contributed by atoms with Gasteiger partial charge < -0.3 is 10.4 Å². The Hall–Kier alpha value is -1.58. The summed E-state index contributed by atoms with van der Waals surface area (Å²) in [5, 5.41) is 11.3. The van der Waals surface area contributed by atoms with Crippen LogP contribution < -0.4 is 5.32 Å². The minimum atomic E-state index is -0.866. The van der Waals surface area contributed by atoms with Crippen molar-refractivity contribution in [2.45, 2.75) is 25.7 Å². The summed E-state index contributed by atoms with van der Waals surface area (Å²) in [6, 6.07) is 1.97. The van der Waals surface area contributed by atoms with Crippen LogP contribution in [-0.2, 0) is 17.6 Å². The van der Waals surface area contributed by atoms with E-state index in [0.29, 0.717) is 5.82 Å². The van der Waals surface area contributed by atoms with Crippen LogP contribution in [0.25, 0.3) is 0 Å². The van der Waals surface area contributed by atoms with E-state index in [1.807, 2.05) is 12.3 Å². The van der Waals surface area contributed by atoms with Crippen LogP contribution in [0.4, 0.5) is 5.82 Å². The Labute approximate surface area is 88.3 Å². The number of nitrogens with zero attached hydrogens (tertiary/aromatic N) is 1. The molecule has 0 saturated heterocycles. The maximum atomic E-state index is 10.4. The number of aromatic nitrogens is 1. The van der Waals surface area contributed by atoms with Gasteiger partial charge in [-0.05, 0) is 42.9 Å². The van der Waals surface area contributed by atoms with Crippen LogP contribution >= 0.6 is 0 Å². The van der Waals surface area contributed by atoms with E-state index < -0.39 is 5.97 Å². The number of fused-ring (bicyclic) bond motifs is 1. The van der Waals surface area contributed by atoms with E-state index in [-0.39, 0.29) is 6.54 Å². The number of nitrogens with one attached hydrogen (secondary N) is 1. The summed E-state index contributed by atoms with van der Waals surface area (Å²) >= 11 is 0. The number of hydrogen-bond donors (Lipinski definition) is 2. The van der Waals surface area contributed by atoms with Crippen molar-refractivity contribution in [3.05, 3.63) is 23.4 Å². The topological polar surface area (TPSA) is 62.2 Å². The second-order valence-electron chi connectivity index (χ2n) is 3.79. The molecule has 4 nitrogen and oxygen atoms in total. The summed E-state index contributed by atoms with van der Waals surface area (Å²) in [6.45, 7) is -0.0776. The van der Waals surface area contributed by atoms with Gasteiger partial charge in [0.05, 0.1) is 0 Å². The van der Waals surface area contributed by atoms with Crippen molar-refractivity contribution < 1.29 is 9.90 Å². The van der Waals surface area contributed by atoms with Crippen molar-refractivity contribution in [2.75, 3.05) is 11.9 Å². The summed E-state index contributed by atoms with van der Waals surface area (Å²) in [5.41, 5.74) is 2.62. The molecule has 15 heavy (non-hydrogen) atoms. The zero-order valence-electron chi connectivity index (χ0n) is 8.49. The van der Waals surface area contributed by atoms with E-state index in [0.717, 1.165) is 12.8 Å². The molecule has 0 aromatic carbocycles. The van der Waals surface area contributed by atoms with Crippen LogP contribution in [0.1, 0.15) is 24.0 Å². The number of carboxylic acids is 1. The molecule has 80 valence electrons. The van der Waals surface area contributed by atoms with Gasteiger partial charge in [0.25, 0.3) is 0 Å². The Bertz CT molecular complexity index is 377. The van der Waals surface area contributed by atoms with Crippen molar-refractivity contribution >= 4 is 11.8 Å². The molecule has 0 amide bonds. The Morgan fingerprint density at radius 1 is 1.40 bits per heavy atom. The van der Waals surface area contributed by atoms with Crippen molar-refractivity contribution in [3.63, 3.8) is 0 Å². The summed E-state index contributed by atoms with van der Waals surface area (Å²) < 4.78 is 0. The fraction of sp³-hybridized carbons (Fsp3) is 0.455. The van der Waals surface area contributed by atoms with Crippen molar-refractivity contribution in [1.82, 2.24) is 4.98 Å². The fourth-order valence-electron chi connectivity index (χ4n) is 1.88. The standard InChI is InChI=1S/C11H14N2O2/c14-11(15)7-13-10-5-8-3-1-2-4-9(8)6-12-10/h5-6H,1-4,7H2,(H,12,13)(H,14,15). The fourth-order valence-corrected chi connectivity index (χ4v) is 1.88. The molecule has 4 heteroatoms. The maximum absolute atomic E-state index is 10.4. The van der Waals surface area contributed by atoms with E-state index in [4.69, 9.17) is 5.11 Å². The minimum Gasteiger partial charge on any atom is -0.480 e. The zero-order chi connectivity index (χ0) is 10.7. The van der Waals surface area contributed by atoms with Gasteiger partial charge in [-0.15, -0.1) is 0 Å². The van der Waals surface area contributed by atoms with E-state index in [2.05, 4.69) is 10.3 Å². The lowest BCUT2D eigenvalue weighted by Crippen LogP contribution is -2.14. The number of pyridine rings is 1. The third-order valence-electron chi connectivity index (χ3n) is 2.65. The zero-order valence-corrected chi connectivity index (χ0v) is 8.49. The molecule has 1 aliphatic rings. The maximum Gasteiger partial charge on any atom is 0.322 e. The Kier molecular flexibility index (Phi) is 2.85. The van der Waals surface area contributed by atoms with Crippen molar-refractivity contribution in [3.8, 4) is 0 Å². The van der Waals surface area contributed by atoms with Gasteiger partial charge in [-0.25, -0.2) is 4.98 Å². The number of rotatable bonds is 3. The second-order valence-corrected chi connectivity index (χ2v) is 3.79. The molecule has 0 radical (unpaired) electrons. The average molecular weight is 206 g/mol. The molecule has 1 aromatic heterocycles. The molecule has 0 aliphatic heterocycles. The number of anilines is 1. The molecule has 0 spiro atoms. The van der Waals surface area contributed by atoms with Crippen LogP contribution in [0, 0.1) is 0 Å². The molecular formula is C11H14N2O2. The van der Waals surface area contributed by atoms with Gasteiger partial charge in [-0.2, -0.15) is 0 Å². The number of hydrogen-bond acceptors (Lipinski definition) is 3. The van der Waals surface area contributed by atoms with Crippen molar-refractivity contribution in [1.29, 1.82) is 0 Å². The second kappa shape index (κ2) is 4.29. The van der Waals surface area contributed by atoms with Crippen LogP contribution in [0.3, 0.4) is 0 Å². The SMILES string of the molecule is O=C(O)CNc1cc2c(cn1)CCCC2. The van der Waals surface area contributed by atoms with E-state index in [9.17, 15) is 4.79 Å². The molecule has 1 heterocycles. The van der Waals surface area contributed by atoms with E-state index in [1.54, 1.807) is 0 Å². The molecular weight excluding hydrogens is 192 g/mol. The molecule has 0 bridgehead atoms. The van der Waals surface area contributed by atoms with Gasteiger partial charge in [0.15, 0.2) is 0 Å². The van der Waals surface area contributed by atoms with Gasteiger partial charge in [0.1, 0.15) is 12.4 Å². The van der Waals surface area contributed by atoms with Crippen molar-refractivity contribution in [2.24, 2.45) is 0 Å². The van der Waals surface area contributed by atoms with Crippen LogP contribution in [-0.4, -0.2) is 22.6 Å². The number of carboxylic acid groups (broad SMARTS) is 1. The highest BCUT2D eigenvalue weighted by Crippen LogP contribution is 2.22. The Balaban J connectivity index is 2.10. The minimum absolute atomic E-state index is 0.0776. The van der Waals surface area contributed by atoms with Gasteiger partial charge in [0.2, 0.25) is 0 Å². The smallest absolute Gasteiger partial charge is 0.322 e. The molecule has 2 rings (SSSR count). The third-order valence-corrected chi connectivity index (χ3v) is 2.65. The lowest BCUT2D eigenvalue weighted by Gasteiger charge is -2.15. The first-order chi connectivity index (χ1) is 7.25.